The van der Waals surface area contributed by atoms with E-state index in [-0.39, 0.29) is 47.4 Å². The predicted octanol–water partition coefficient (Wildman–Crippen LogP) is 18.0. The normalized spacial score (nSPS) is 13.1. The highest BCUT2D eigenvalue weighted by Crippen LogP contribution is 2.40. The minimum atomic E-state index is -0.804. The van der Waals surface area contributed by atoms with Gasteiger partial charge in [0.15, 0.2) is 34.2 Å². The molecular formula is C99H98Br2N22O10. The maximum Gasteiger partial charge on any atom is 0.309 e. The molecule has 18 rings (SSSR count). The maximum absolute atomic E-state index is 12.6. The van der Waals surface area contributed by atoms with Gasteiger partial charge in [-0.1, -0.05) is 159 Å². The van der Waals surface area contributed by atoms with Gasteiger partial charge in [0, 0.05) is 124 Å². The van der Waals surface area contributed by atoms with Gasteiger partial charge in [-0.15, -0.1) is 0 Å². The summed E-state index contributed by atoms with van der Waals surface area (Å²) in [7, 11) is 0. The Morgan fingerprint density at radius 2 is 0.714 bits per heavy atom. The molecular weight excluding hydrogens is 1820 g/mol. The van der Waals surface area contributed by atoms with E-state index in [0.29, 0.717) is 150 Å². The second kappa shape index (κ2) is 40.1. The Balaban J connectivity index is 0.000000136. The van der Waals surface area contributed by atoms with Crippen LogP contribution in [0.5, 0.6) is 0 Å². The van der Waals surface area contributed by atoms with Crippen molar-refractivity contribution >= 4 is 125 Å². The van der Waals surface area contributed by atoms with Crippen LogP contribution < -0.4 is 32.7 Å². The molecule has 2 saturated heterocycles. The van der Waals surface area contributed by atoms with E-state index in [2.05, 4.69) is 72.2 Å². The monoisotopic (exact) mass is 1910 g/mol. The smallest absolute Gasteiger partial charge is 0.309 e. The average Bonchev–Trinajstić information content (AvgIpc) is 1.69. The Hall–Kier alpha value is -15.1. The molecule has 0 bridgehead atoms. The molecule has 0 spiro atoms. The number of carboxylic acids is 4. The van der Waals surface area contributed by atoms with E-state index in [1.54, 1.807) is 60.1 Å². The van der Waals surface area contributed by atoms with Crippen molar-refractivity contribution in [3.63, 3.8) is 0 Å². The van der Waals surface area contributed by atoms with Gasteiger partial charge in [0.25, 0.3) is 0 Å². The lowest BCUT2D eigenvalue weighted by Gasteiger charge is -2.33. The molecule has 678 valence electrons. The number of rotatable bonds is 25. The number of nitrogen functional groups attached to an aromatic ring is 4. The number of ketones is 2. The second-order valence-corrected chi connectivity index (χ2v) is 35.9. The van der Waals surface area contributed by atoms with E-state index in [1.165, 1.54) is 22.9 Å². The number of carbonyl (C=O) groups excluding carboxylic acids is 2. The SMILES string of the molecule is CC(=O)c1c(N2CCC(C(=O)O)CC2)nc2c(-c3ccc(-c4ccccc4)nc3)cnn2c1N.CC(=O)c1c(N2CCC(CC(=O)O)CC2)nc2c(-c3ccc(-c4ccccc4)nc3)cnn2c1N.CC(C)(CCCc1nc2c(-c3ccc(-c4ccccc4)nc3)cnn2c(N)c1Br)C(=O)O.CC(C)(CCc1nc2c(-c3ccc(-c4ccccc4)nc3)cnn2c(N)c1Br)CC(=O)O. The van der Waals surface area contributed by atoms with Crippen LogP contribution in [-0.4, -0.2) is 160 Å². The minimum Gasteiger partial charge on any atom is -0.481 e. The summed E-state index contributed by atoms with van der Waals surface area (Å²) < 4.78 is 7.56. The summed E-state index contributed by atoms with van der Waals surface area (Å²) >= 11 is 7.08. The highest BCUT2D eigenvalue weighted by Gasteiger charge is 2.34. The van der Waals surface area contributed by atoms with E-state index in [0.717, 1.165) is 101 Å². The van der Waals surface area contributed by atoms with E-state index in [1.807, 2.05) is 206 Å². The van der Waals surface area contributed by atoms with E-state index in [9.17, 15) is 39.0 Å². The topological polar surface area (TPSA) is 466 Å². The molecule has 2 aliphatic heterocycles. The molecule has 12 N–H and O–H groups in total. The standard InChI is InChI=1S/C26H26N6O3.C25H24N6O3.2C24H24BrN5O2/c1-16(33)23-24(27)32-25(30-26(23)31-11-9-17(10-12-31)13-22(34)35)20(15-29-32)19-7-8-21(28-14-19)18-5-3-2-4-6-18;1-15(32)21-22(26)31-23(29-24(21)30-11-9-17(10-12-30)25(33)34)19(14-28-31)18-7-8-20(27-13-18)16-5-3-2-4-6-16;1-24(2,23(31)32)12-6-9-19-20(25)21(26)30-22(29-19)17(14-28-30)16-10-11-18(27-13-16)15-7-4-3-5-8-15;1-24(2,12-20(31)32)11-10-19-21(25)22(26)30-23(29-19)17(14-28-30)16-8-9-18(27-13-16)15-6-4-3-5-7-15/h2-8,14-15,17H,9-13,27H2,1H3,(H,34,35);2-8,13-14,17H,9-12,26H2,1H3,(H,33,34);3-5,7-8,10-11,13-14H,6,9,12,26H2,1-2H3,(H,31,32);3-9,13-14H,10-12,26H2,1-2H3,(H,31,32). The fraction of sp³-hybridized carbons (Fsp3) is 0.253. The number of aliphatic carboxylic acids is 4. The molecule has 0 radical (unpaired) electrons. The maximum atomic E-state index is 12.6. The Morgan fingerprint density at radius 1 is 0.391 bits per heavy atom. The van der Waals surface area contributed by atoms with Gasteiger partial charge in [0.2, 0.25) is 0 Å². The van der Waals surface area contributed by atoms with Crippen molar-refractivity contribution in [3.05, 3.63) is 251 Å². The van der Waals surface area contributed by atoms with Crippen LogP contribution in [-0.2, 0) is 32.0 Å². The third-order valence-electron chi connectivity index (χ3n) is 24.0. The molecule has 0 atom stereocenters. The molecule has 12 aromatic heterocycles. The molecule has 0 amide bonds. The van der Waals surface area contributed by atoms with Crippen LogP contribution in [0.1, 0.15) is 131 Å². The number of Topliss-reactive ketones (excluding diaryl/α,β-unsaturated/α-hetero) is 2. The van der Waals surface area contributed by atoms with Crippen molar-refractivity contribution in [2.45, 2.75) is 112 Å². The van der Waals surface area contributed by atoms with Gasteiger partial charge < -0.3 is 53.2 Å². The highest BCUT2D eigenvalue weighted by atomic mass is 79.9. The van der Waals surface area contributed by atoms with Gasteiger partial charge in [-0.2, -0.15) is 38.5 Å². The van der Waals surface area contributed by atoms with E-state index in [4.69, 9.17) is 53.1 Å². The summed E-state index contributed by atoms with van der Waals surface area (Å²) in [6, 6.07) is 55.6. The third kappa shape index (κ3) is 20.7. The molecule has 4 aromatic carbocycles. The lowest BCUT2D eigenvalue weighted by atomic mass is 9.84. The average molecular weight is 1920 g/mol. The number of anilines is 6. The highest BCUT2D eigenvalue weighted by molar-refractivity contribution is 9.11. The number of aromatic nitrogens is 16. The number of nitrogens with zero attached hydrogens (tertiary/aromatic N) is 18. The number of fused-ring (bicyclic) bond motifs is 4. The van der Waals surface area contributed by atoms with Crippen molar-refractivity contribution in [1.82, 2.24) is 78.3 Å². The number of halogens is 2. The summed E-state index contributed by atoms with van der Waals surface area (Å²) in [6.07, 6.45) is 19.7. The first-order chi connectivity index (χ1) is 63.9. The largest absolute Gasteiger partial charge is 0.481 e. The first kappa shape index (κ1) is 92.6. The lowest BCUT2D eigenvalue weighted by molar-refractivity contribution is -0.147. The van der Waals surface area contributed by atoms with Gasteiger partial charge in [-0.3, -0.25) is 48.7 Å². The van der Waals surface area contributed by atoms with Crippen LogP contribution in [0.4, 0.5) is 34.9 Å². The number of carboxylic acid groups (broad SMARTS) is 4. The number of piperidine rings is 2. The van der Waals surface area contributed by atoms with Crippen LogP contribution in [0, 0.1) is 22.7 Å². The number of pyridine rings is 4. The molecule has 133 heavy (non-hydrogen) atoms. The molecule has 32 nitrogen and oxygen atoms in total. The summed E-state index contributed by atoms with van der Waals surface area (Å²) in [5.41, 5.74) is 43.2. The van der Waals surface area contributed by atoms with Crippen molar-refractivity contribution in [2.75, 3.05) is 58.9 Å². The first-order valence-corrected chi connectivity index (χ1v) is 44.9. The summed E-state index contributed by atoms with van der Waals surface area (Å²) in [5, 5.41) is 54.6. The van der Waals surface area contributed by atoms with Crippen molar-refractivity contribution in [2.24, 2.45) is 22.7 Å². The lowest BCUT2D eigenvalue weighted by Crippen LogP contribution is -2.38. The molecule has 0 unspecified atom stereocenters. The van der Waals surface area contributed by atoms with Crippen molar-refractivity contribution in [1.29, 1.82) is 0 Å². The van der Waals surface area contributed by atoms with Gasteiger partial charge in [-0.25, -0.2) is 19.9 Å². The van der Waals surface area contributed by atoms with Gasteiger partial charge >= 0.3 is 23.9 Å². The molecule has 0 saturated carbocycles. The van der Waals surface area contributed by atoms with Crippen molar-refractivity contribution < 1.29 is 49.2 Å². The fourth-order valence-electron chi connectivity index (χ4n) is 16.4. The number of benzene rings is 4. The predicted molar refractivity (Wildman–Crippen MR) is 518 cm³/mol. The summed E-state index contributed by atoms with van der Waals surface area (Å²) in [5.74, 6) is -1.50. The van der Waals surface area contributed by atoms with Crippen LogP contribution >= 0.6 is 31.9 Å². The molecule has 2 aliphatic rings. The zero-order chi connectivity index (χ0) is 94.1. The van der Waals surface area contributed by atoms with Crippen LogP contribution in [0.3, 0.4) is 0 Å². The number of hydrogen-bond donors (Lipinski definition) is 8. The minimum absolute atomic E-state index is 0.0969. The van der Waals surface area contributed by atoms with Gasteiger partial charge in [-0.05, 0) is 153 Å². The van der Waals surface area contributed by atoms with Crippen LogP contribution in [0.25, 0.3) is 112 Å². The molecule has 16 aromatic rings. The number of aryl methyl sites for hydroxylation is 2. The number of nitrogens with two attached hydrogens (primary N) is 4. The quantitative estimate of drug-likeness (QED) is 0.0246. The molecule has 0 aliphatic carbocycles. The first-order valence-electron chi connectivity index (χ1n) is 43.4. The van der Waals surface area contributed by atoms with Crippen LogP contribution in [0.15, 0.2) is 228 Å². The zero-order valence-electron chi connectivity index (χ0n) is 73.9. The summed E-state index contributed by atoms with van der Waals surface area (Å²) in [6.45, 7) is 12.5. The van der Waals surface area contributed by atoms with Gasteiger partial charge in [0.05, 0.1) is 85.7 Å². The van der Waals surface area contributed by atoms with E-state index >= 15 is 0 Å². The Kier molecular flexibility index (Phi) is 27.9. The Bertz CT molecular complexity index is 6970. The van der Waals surface area contributed by atoms with E-state index < -0.39 is 35.2 Å². The van der Waals surface area contributed by atoms with Crippen molar-refractivity contribution in [3.8, 4) is 89.5 Å². The Labute approximate surface area is 781 Å². The Morgan fingerprint density at radius 3 is 1.02 bits per heavy atom. The molecule has 34 heteroatoms. The second-order valence-electron chi connectivity index (χ2n) is 34.3. The van der Waals surface area contributed by atoms with Gasteiger partial charge in [0.1, 0.15) is 46.0 Å². The summed E-state index contributed by atoms with van der Waals surface area (Å²) in [4.78, 5) is 112. The molecule has 14 heterocycles. The zero-order valence-corrected chi connectivity index (χ0v) is 77.1. The third-order valence-corrected chi connectivity index (χ3v) is 25.7. The molecule has 2 fully saturated rings. The number of carbonyl (C=O) groups is 6. The number of hydrogen-bond acceptors (Lipinski definition) is 24. The van der Waals surface area contributed by atoms with Crippen LogP contribution in [0.2, 0.25) is 0 Å². The fourth-order valence-corrected chi connectivity index (χ4v) is 17.3.